The standard InChI is InChI=1S/C21H32O3/c1-13(22)24-15-6-10-21(3)14(11-15)12-18(23)19-16-5-4-8-20(16,2)9-7-17(19)21/h14-17,19H,4-12H2,1-3H3/t14-,15-,16+,17-,19-,20+,21+/m1/s1. The molecule has 0 heterocycles. The van der Waals surface area contributed by atoms with E-state index in [0.29, 0.717) is 34.9 Å². The maximum Gasteiger partial charge on any atom is 0.302 e. The molecule has 3 nitrogen and oxygen atoms in total. The van der Waals surface area contributed by atoms with Crippen LogP contribution in [0.3, 0.4) is 0 Å². The topological polar surface area (TPSA) is 43.4 Å². The van der Waals surface area contributed by atoms with E-state index in [9.17, 15) is 9.59 Å². The lowest BCUT2D eigenvalue weighted by Gasteiger charge is -2.59. The number of hydrogen-bond acceptors (Lipinski definition) is 3. The summed E-state index contributed by atoms with van der Waals surface area (Å²) in [5, 5.41) is 0. The van der Waals surface area contributed by atoms with Crippen LogP contribution in [-0.2, 0) is 14.3 Å². The second kappa shape index (κ2) is 5.57. The van der Waals surface area contributed by atoms with E-state index in [1.54, 1.807) is 0 Å². The Bertz CT molecular complexity index is 555. The highest BCUT2D eigenvalue weighted by Gasteiger charge is 2.60. The number of carbonyl (C=O) groups is 2. The first kappa shape index (κ1) is 16.6. The smallest absolute Gasteiger partial charge is 0.302 e. The largest absolute Gasteiger partial charge is 0.463 e. The van der Waals surface area contributed by atoms with Gasteiger partial charge in [0.15, 0.2) is 0 Å². The van der Waals surface area contributed by atoms with E-state index in [4.69, 9.17) is 4.74 Å². The van der Waals surface area contributed by atoms with E-state index in [0.717, 1.165) is 25.7 Å². The number of esters is 1. The average Bonchev–Trinajstić information content (AvgIpc) is 2.90. The van der Waals surface area contributed by atoms with Gasteiger partial charge in [-0.15, -0.1) is 0 Å². The van der Waals surface area contributed by atoms with Gasteiger partial charge in [-0.2, -0.15) is 0 Å². The number of rotatable bonds is 1. The van der Waals surface area contributed by atoms with Gasteiger partial charge in [-0.05, 0) is 73.5 Å². The van der Waals surface area contributed by atoms with Crippen LogP contribution in [0.4, 0.5) is 0 Å². The van der Waals surface area contributed by atoms with Crippen LogP contribution in [0, 0.1) is 34.5 Å². The summed E-state index contributed by atoms with van der Waals surface area (Å²) < 4.78 is 5.49. The fourth-order valence-corrected chi connectivity index (χ4v) is 7.22. The van der Waals surface area contributed by atoms with Crippen LogP contribution in [0.5, 0.6) is 0 Å². The molecule has 4 fully saturated rings. The molecule has 0 radical (unpaired) electrons. The van der Waals surface area contributed by atoms with E-state index >= 15 is 0 Å². The SMILES string of the molecule is CC(=O)O[C@@H]1CC[C@@]2(C)[C@@H](CC(=O)[C@H]3[C@H]2CC[C@]2(C)CCC[C@@H]32)C1. The summed E-state index contributed by atoms with van der Waals surface area (Å²) in [6, 6.07) is 0. The number of hydrogen-bond donors (Lipinski definition) is 0. The first-order valence-electron chi connectivity index (χ1n) is 10.0. The molecule has 0 aromatic heterocycles. The summed E-state index contributed by atoms with van der Waals surface area (Å²) in [5.74, 6) is 2.28. The van der Waals surface area contributed by atoms with Crippen molar-refractivity contribution < 1.29 is 14.3 Å². The van der Waals surface area contributed by atoms with Crippen LogP contribution in [0.1, 0.15) is 78.6 Å². The third kappa shape index (κ3) is 2.37. The van der Waals surface area contributed by atoms with Crippen molar-refractivity contribution in [3.63, 3.8) is 0 Å². The van der Waals surface area contributed by atoms with E-state index in [-0.39, 0.29) is 17.5 Å². The second-order valence-electron chi connectivity index (χ2n) is 9.70. The quantitative estimate of drug-likeness (QED) is 0.663. The normalized spacial score (nSPS) is 50.6. The molecule has 0 unspecified atom stereocenters. The van der Waals surface area contributed by atoms with Gasteiger partial charge in [-0.25, -0.2) is 0 Å². The molecular formula is C21H32O3. The van der Waals surface area contributed by atoms with Crippen LogP contribution in [-0.4, -0.2) is 17.9 Å². The Morgan fingerprint density at radius 2 is 1.88 bits per heavy atom. The number of ketones is 1. The summed E-state index contributed by atoms with van der Waals surface area (Å²) in [6.07, 6.45) is 10.2. The van der Waals surface area contributed by atoms with Gasteiger partial charge in [0.05, 0.1) is 0 Å². The van der Waals surface area contributed by atoms with Crippen molar-refractivity contribution in [2.24, 2.45) is 34.5 Å². The molecule has 7 atom stereocenters. The van der Waals surface area contributed by atoms with Crippen molar-refractivity contribution in [3.8, 4) is 0 Å². The highest BCUT2D eigenvalue weighted by atomic mass is 16.5. The average molecular weight is 332 g/mol. The molecule has 134 valence electrons. The number of Topliss-reactive ketones (excluding diaryl/α,β-unsaturated/α-hetero) is 1. The van der Waals surface area contributed by atoms with Gasteiger partial charge in [0.2, 0.25) is 0 Å². The van der Waals surface area contributed by atoms with Gasteiger partial charge in [-0.1, -0.05) is 20.3 Å². The van der Waals surface area contributed by atoms with Gasteiger partial charge >= 0.3 is 5.97 Å². The van der Waals surface area contributed by atoms with Crippen molar-refractivity contribution in [1.82, 2.24) is 0 Å². The Kier molecular flexibility index (Phi) is 3.85. The Balaban J connectivity index is 1.59. The van der Waals surface area contributed by atoms with Crippen LogP contribution < -0.4 is 0 Å². The highest BCUT2D eigenvalue weighted by Crippen LogP contribution is 2.65. The molecule has 4 aliphatic carbocycles. The van der Waals surface area contributed by atoms with E-state index < -0.39 is 0 Å². The van der Waals surface area contributed by atoms with E-state index in [2.05, 4.69) is 13.8 Å². The molecular weight excluding hydrogens is 300 g/mol. The van der Waals surface area contributed by atoms with Crippen molar-refractivity contribution in [2.75, 3.05) is 0 Å². The third-order valence-electron chi connectivity index (χ3n) is 8.54. The molecule has 4 saturated carbocycles. The summed E-state index contributed by atoms with van der Waals surface area (Å²) in [7, 11) is 0. The van der Waals surface area contributed by atoms with Crippen LogP contribution in [0.2, 0.25) is 0 Å². The molecule has 0 aliphatic heterocycles. The number of carbonyl (C=O) groups excluding carboxylic acids is 2. The zero-order chi connectivity index (χ0) is 17.1. The van der Waals surface area contributed by atoms with Gasteiger partial charge in [0.25, 0.3) is 0 Å². The lowest BCUT2D eigenvalue weighted by atomic mass is 9.45. The predicted molar refractivity (Wildman–Crippen MR) is 92.3 cm³/mol. The lowest BCUT2D eigenvalue weighted by Crippen LogP contribution is -2.56. The van der Waals surface area contributed by atoms with E-state index in [1.807, 2.05) is 0 Å². The molecule has 24 heavy (non-hydrogen) atoms. The fourth-order valence-electron chi connectivity index (χ4n) is 7.22. The second-order valence-corrected chi connectivity index (χ2v) is 9.70. The Hall–Kier alpha value is -0.860. The van der Waals surface area contributed by atoms with Crippen LogP contribution >= 0.6 is 0 Å². The van der Waals surface area contributed by atoms with Gasteiger partial charge < -0.3 is 4.74 Å². The summed E-state index contributed by atoms with van der Waals surface area (Å²) >= 11 is 0. The minimum absolute atomic E-state index is 0.0326. The van der Waals surface area contributed by atoms with Gasteiger partial charge in [0.1, 0.15) is 11.9 Å². The highest BCUT2D eigenvalue weighted by molar-refractivity contribution is 5.83. The molecule has 0 saturated heterocycles. The Morgan fingerprint density at radius 1 is 1.08 bits per heavy atom. The molecule has 4 aliphatic rings. The van der Waals surface area contributed by atoms with Gasteiger partial charge in [-0.3, -0.25) is 9.59 Å². The first-order valence-corrected chi connectivity index (χ1v) is 10.0. The molecule has 0 spiro atoms. The molecule has 4 rings (SSSR count). The maximum atomic E-state index is 13.1. The lowest BCUT2D eigenvalue weighted by molar-refractivity contribution is -0.166. The minimum atomic E-state index is -0.178. The Morgan fingerprint density at radius 3 is 2.62 bits per heavy atom. The molecule has 0 N–H and O–H groups in total. The zero-order valence-electron chi connectivity index (χ0n) is 15.5. The summed E-state index contributed by atoms with van der Waals surface area (Å²) in [6.45, 7) is 6.39. The molecule has 3 heteroatoms. The van der Waals surface area contributed by atoms with Crippen molar-refractivity contribution >= 4 is 11.8 Å². The maximum absolute atomic E-state index is 13.1. The van der Waals surface area contributed by atoms with Crippen molar-refractivity contribution in [1.29, 1.82) is 0 Å². The number of ether oxygens (including phenoxy) is 1. The van der Waals surface area contributed by atoms with Crippen molar-refractivity contribution in [2.45, 2.75) is 84.7 Å². The number of fused-ring (bicyclic) bond motifs is 5. The van der Waals surface area contributed by atoms with E-state index in [1.165, 1.54) is 39.0 Å². The van der Waals surface area contributed by atoms with Gasteiger partial charge in [0, 0.05) is 19.3 Å². The summed E-state index contributed by atoms with van der Waals surface area (Å²) in [5.41, 5.74) is 0.702. The molecule has 0 aromatic rings. The third-order valence-corrected chi connectivity index (χ3v) is 8.54. The molecule has 0 amide bonds. The van der Waals surface area contributed by atoms with Crippen LogP contribution in [0.15, 0.2) is 0 Å². The monoisotopic (exact) mass is 332 g/mol. The minimum Gasteiger partial charge on any atom is -0.463 e. The van der Waals surface area contributed by atoms with Crippen molar-refractivity contribution in [3.05, 3.63) is 0 Å². The first-order chi connectivity index (χ1) is 11.3. The predicted octanol–water partition coefficient (Wildman–Crippen LogP) is 4.53. The molecule has 0 aromatic carbocycles. The fraction of sp³-hybridized carbons (Fsp3) is 0.905. The van der Waals surface area contributed by atoms with Crippen LogP contribution in [0.25, 0.3) is 0 Å². The zero-order valence-corrected chi connectivity index (χ0v) is 15.5. The Labute approximate surface area is 145 Å². The molecule has 0 bridgehead atoms. The summed E-state index contributed by atoms with van der Waals surface area (Å²) in [4.78, 5) is 24.4.